The molecule has 0 spiro atoms. The topological polar surface area (TPSA) is 64.4 Å². The van der Waals surface area contributed by atoms with Gasteiger partial charge < -0.3 is 10.1 Å². The van der Waals surface area contributed by atoms with Crippen molar-refractivity contribution in [2.45, 2.75) is 25.3 Å². The summed E-state index contributed by atoms with van der Waals surface area (Å²) in [6.45, 7) is 2.10. The van der Waals surface area contributed by atoms with Crippen molar-refractivity contribution in [3.8, 4) is 5.75 Å². The lowest BCUT2D eigenvalue weighted by Gasteiger charge is -2.37. The standard InChI is InChI=1S/C20H20N2O3/c1-12-6-8-17-16(10-12)14-4-3-5-15(14)20(21-17)13-7-9-19(25-2)18(11-13)22(23)24/h3-4,6-11,14-15,20-21H,5H2,1-2H3/t14-,15+,20-/m1/s1. The van der Waals surface area contributed by atoms with Gasteiger partial charge in [0.15, 0.2) is 5.75 Å². The highest BCUT2D eigenvalue weighted by Crippen LogP contribution is 2.50. The molecule has 5 heteroatoms. The second-order valence-electron chi connectivity index (χ2n) is 6.75. The maximum absolute atomic E-state index is 11.4. The molecule has 5 nitrogen and oxygen atoms in total. The summed E-state index contributed by atoms with van der Waals surface area (Å²) >= 11 is 0. The third kappa shape index (κ3) is 2.56. The van der Waals surface area contributed by atoms with E-state index in [1.807, 2.05) is 6.07 Å². The van der Waals surface area contributed by atoms with Crippen molar-refractivity contribution < 1.29 is 9.66 Å². The fourth-order valence-electron chi connectivity index (χ4n) is 4.09. The third-order valence-corrected chi connectivity index (χ3v) is 5.28. The van der Waals surface area contributed by atoms with Gasteiger partial charge in [-0.3, -0.25) is 10.1 Å². The molecule has 0 amide bonds. The van der Waals surface area contributed by atoms with Gasteiger partial charge in [0, 0.05) is 17.7 Å². The van der Waals surface area contributed by atoms with Crippen LogP contribution in [0, 0.1) is 23.0 Å². The van der Waals surface area contributed by atoms with Gasteiger partial charge in [0.25, 0.3) is 0 Å². The number of ether oxygens (including phenoxy) is 1. The molecule has 25 heavy (non-hydrogen) atoms. The number of aryl methyl sites for hydroxylation is 1. The van der Waals surface area contributed by atoms with E-state index in [2.05, 4.69) is 42.6 Å². The Morgan fingerprint density at radius 2 is 2.08 bits per heavy atom. The molecule has 2 aromatic carbocycles. The van der Waals surface area contributed by atoms with Crippen molar-refractivity contribution in [2.24, 2.45) is 5.92 Å². The zero-order valence-corrected chi connectivity index (χ0v) is 14.2. The average molecular weight is 336 g/mol. The number of hydrogen-bond acceptors (Lipinski definition) is 4. The Hall–Kier alpha value is -2.82. The molecule has 0 fully saturated rings. The third-order valence-electron chi connectivity index (χ3n) is 5.28. The van der Waals surface area contributed by atoms with Crippen LogP contribution in [0.4, 0.5) is 11.4 Å². The second-order valence-corrected chi connectivity index (χ2v) is 6.75. The summed E-state index contributed by atoms with van der Waals surface area (Å²) in [5.41, 5.74) is 4.62. The number of nitrogens with one attached hydrogen (secondary N) is 1. The molecule has 0 unspecified atom stereocenters. The first-order valence-corrected chi connectivity index (χ1v) is 8.44. The molecule has 1 aliphatic carbocycles. The highest BCUT2D eigenvalue weighted by molar-refractivity contribution is 5.61. The Bertz CT molecular complexity index is 875. The molecule has 1 aliphatic heterocycles. The Kier molecular flexibility index (Phi) is 3.71. The van der Waals surface area contributed by atoms with Crippen LogP contribution in [0.25, 0.3) is 0 Å². The Balaban J connectivity index is 1.78. The number of fused-ring (bicyclic) bond motifs is 3. The van der Waals surface area contributed by atoms with Gasteiger partial charge in [0.05, 0.1) is 18.1 Å². The van der Waals surface area contributed by atoms with Gasteiger partial charge in [-0.15, -0.1) is 0 Å². The first kappa shape index (κ1) is 15.7. The second kappa shape index (κ2) is 5.92. The largest absolute Gasteiger partial charge is 0.490 e. The lowest BCUT2D eigenvalue weighted by molar-refractivity contribution is -0.385. The summed E-state index contributed by atoms with van der Waals surface area (Å²) < 4.78 is 5.13. The van der Waals surface area contributed by atoms with E-state index in [1.54, 1.807) is 12.1 Å². The van der Waals surface area contributed by atoms with Crippen LogP contribution in [-0.4, -0.2) is 12.0 Å². The number of anilines is 1. The number of nitrogens with zero attached hydrogens (tertiary/aromatic N) is 1. The number of methoxy groups -OCH3 is 1. The minimum Gasteiger partial charge on any atom is -0.490 e. The van der Waals surface area contributed by atoms with Crippen molar-refractivity contribution >= 4 is 11.4 Å². The summed E-state index contributed by atoms with van der Waals surface area (Å²) in [5.74, 6) is 1.01. The zero-order valence-electron chi connectivity index (χ0n) is 14.2. The molecular formula is C20H20N2O3. The van der Waals surface area contributed by atoms with Gasteiger partial charge in [-0.05, 0) is 42.5 Å². The summed E-state index contributed by atoms with van der Waals surface area (Å²) in [5, 5.41) is 15.0. The van der Waals surface area contributed by atoms with E-state index in [0.717, 1.165) is 17.7 Å². The predicted molar refractivity (Wildman–Crippen MR) is 97.2 cm³/mol. The number of hydrogen-bond donors (Lipinski definition) is 1. The number of benzene rings is 2. The van der Waals surface area contributed by atoms with Gasteiger partial charge in [0.1, 0.15) is 0 Å². The normalized spacial score (nSPS) is 23.5. The van der Waals surface area contributed by atoms with E-state index in [-0.39, 0.29) is 16.7 Å². The number of rotatable bonds is 3. The molecule has 4 rings (SSSR count). The maximum Gasteiger partial charge on any atom is 0.311 e. The SMILES string of the molecule is COc1ccc([C@H]2Nc3ccc(C)cc3[C@@H]3C=CC[C@H]23)cc1[N+](=O)[O-]. The van der Waals surface area contributed by atoms with E-state index in [4.69, 9.17) is 4.74 Å². The average Bonchev–Trinajstić information content (AvgIpc) is 3.10. The smallest absolute Gasteiger partial charge is 0.311 e. The molecule has 1 N–H and O–H groups in total. The predicted octanol–water partition coefficient (Wildman–Crippen LogP) is 4.74. The molecule has 1 heterocycles. The number of nitro groups is 1. The molecule has 2 aromatic rings. The van der Waals surface area contributed by atoms with Crippen LogP contribution in [0.15, 0.2) is 48.6 Å². The van der Waals surface area contributed by atoms with Crippen molar-refractivity contribution in [3.05, 3.63) is 75.4 Å². The maximum atomic E-state index is 11.4. The quantitative estimate of drug-likeness (QED) is 0.499. The van der Waals surface area contributed by atoms with Crippen LogP contribution >= 0.6 is 0 Å². The molecule has 128 valence electrons. The van der Waals surface area contributed by atoms with Crippen LogP contribution in [-0.2, 0) is 0 Å². The molecule has 0 aromatic heterocycles. The van der Waals surface area contributed by atoms with E-state index < -0.39 is 0 Å². The summed E-state index contributed by atoms with van der Waals surface area (Å²) in [7, 11) is 1.45. The van der Waals surface area contributed by atoms with E-state index >= 15 is 0 Å². The first-order chi connectivity index (χ1) is 12.1. The van der Waals surface area contributed by atoms with Crippen LogP contribution in [0.1, 0.15) is 35.1 Å². The summed E-state index contributed by atoms with van der Waals surface area (Å²) in [6.07, 6.45) is 5.46. The molecule has 0 saturated carbocycles. The lowest BCUT2D eigenvalue weighted by Crippen LogP contribution is -2.29. The van der Waals surface area contributed by atoms with Crippen LogP contribution < -0.4 is 10.1 Å². The van der Waals surface area contributed by atoms with Gasteiger partial charge in [-0.2, -0.15) is 0 Å². The molecule has 3 atom stereocenters. The highest BCUT2D eigenvalue weighted by Gasteiger charge is 2.38. The molecule has 2 aliphatic rings. The molecule has 0 bridgehead atoms. The Morgan fingerprint density at radius 1 is 1.24 bits per heavy atom. The Morgan fingerprint density at radius 3 is 2.84 bits per heavy atom. The van der Waals surface area contributed by atoms with E-state index in [9.17, 15) is 10.1 Å². The van der Waals surface area contributed by atoms with Crippen LogP contribution in [0.5, 0.6) is 5.75 Å². The fraction of sp³-hybridized carbons (Fsp3) is 0.300. The first-order valence-electron chi connectivity index (χ1n) is 8.44. The summed E-state index contributed by atoms with van der Waals surface area (Å²) in [4.78, 5) is 11.0. The van der Waals surface area contributed by atoms with Crippen LogP contribution in [0.3, 0.4) is 0 Å². The highest BCUT2D eigenvalue weighted by atomic mass is 16.6. The monoisotopic (exact) mass is 336 g/mol. The Labute approximate surface area is 146 Å². The molecule has 0 radical (unpaired) electrons. The minimum absolute atomic E-state index is 0.0130. The van der Waals surface area contributed by atoms with Crippen LogP contribution in [0.2, 0.25) is 0 Å². The minimum atomic E-state index is -0.382. The van der Waals surface area contributed by atoms with E-state index in [1.165, 1.54) is 18.2 Å². The van der Waals surface area contributed by atoms with Gasteiger partial charge in [-0.25, -0.2) is 0 Å². The molecule has 0 saturated heterocycles. The van der Waals surface area contributed by atoms with Crippen molar-refractivity contribution in [2.75, 3.05) is 12.4 Å². The number of nitro benzene ring substituents is 1. The summed E-state index contributed by atoms with van der Waals surface area (Å²) in [6, 6.07) is 11.7. The molecular weight excluding hydrogens is 316 g/mol. The van der Waals surface area contributed by atoms with Gasteiger partial charge in [-0.1, -0.05) is 35.9 Å². The van der Waals surface area contributed by atoms with Gasteiger partial charge >= 0.3 is 5.69 Å². The van der Waals surface area contributed by atoms with E-state index in [0.29, 0.717) is 17.6 Å². The fourth-order valence-corrected chi connectivity index (χ4v) is 4.09. The lowest BCUT2D eigenvalue weighted by atomic mass is 9.76. The number of allylic oxidation sites excluding steroid dienone is 2. The zero-order chi connectivity index (χ0) is 17.6. The van der Waals surface area contributed by atoms with Crippen molar-refractivity contribution in [1.82, 2.24) is 0 Å². The van der Waals surface area contributed by atoms with Gasteiger partial charge in [0.2, 0.25) is 0 Å². The van der Waals surface area contributed by atoms with Crippen molar-refractivity contribution in [1.29, 1.82) is 0 Å². The van der Waals surface area contributed by atoms with Crippen molar-refractivity contribution in [3.63, 3.8) is 0 Å².